The standard InChI is InChI=1S/C23H25BrN2O5/c1-4-6-17-19(22(27)30-3)20(26-23(28)25-17)16-7-5-8-18(29-2)21(16)31-13-14-9-11-15(24)12-10-14/h5,7-12,20H,4,6,13H2,1-3H3,(H2,25,26,28). The number of carbonyl (C=O) groups excluding carboxylic acids is 2. The average molecular weight is 489 g/mol. The maximum Gasteiger partial charge on any atom is 0.337 e. The molecule has 1 aliphatic rings. The summed E-state index contributed by atoms with van der Waals surface area (Å²) >= 11 is 3.42. The highest BCUT2D eigenvalue weighted by Gasteiger charge is 2.35. The molecule has 0 spiro atoms. The summed E-state index contributed by atoms with van der Waals surface area (Å²) in [5.41, 5.74) is 2.47. The van der Waals surface area contributed by atoms with Gasteiger partial charge in [0.1, 0.15) is 6.61 Å². The van der Waals surface area contributed by atoms with E-state index in [4.69, 9.17) is 14.2 Å². The number of ether oxygens (including phenoxy) is 3. The van der Waals surface area contributed by atoms with Crippen LogP contribution in [-0.2, 0) is 16.1 Å². The van der Waals surface area contributed by atoms with E-state index in [0.29, 0.717) is 41.4 Å². The molecule has 31 heavy (non-hydrogen) atoms. The van der Waals surface area contributed by atoms with Gasteiger partial charge in [-0.2, -0.15) is 0 Å². The molecule has 0 saturated carbocycles. The van der Waals surface area contributed by atoms with E-state index in [2.05, 4.69) is 26.6 Å². The Morgan fingerprint density at radius 1 is 1.13 bits per heavy atom. The van der Waals surface area contributed by atoms with Gasteiger partial charge in [-0.1, -0.05) is 53.5 Å². The number of urea groups is 1. The smallest absolute Gasteiger partial charge is 0.337 e. The van der Waals surface area contributed by atoms with Crippen molar-refractivity contribution in [2.45, 2.75) is 32.4 Å². The first kappa shape index (κ1) is 22.7. The quantitative estimate of drug-likeness (QED) is 0.529. The van der Waals surface area contributed by atoms with E-state index in [1.54, 1.807) is 19.2 Å². The maximum absolute atomic E-state index is 12.7. The first-order chi connectivity index (χ1) is 15.0. The number of carbonyl (C=O) groups is 2. The minimum absolute atomic E-state index is 0.290. The van der Waals surface area contributed by atoms with Crippen LogP contribution in [-0.4, -0.2) is 26.2 Å². The Hall–Kier alpha value is -3.00. The molecule has 0 radical (unpaired) electrons. The number of rotatable bonds is 8. The molecule has 0 aromatic heterocycles. The second-order valence-corrected chi connectivity index (χ2v) is 7.87. The molecule has 8 heteroatoms. The topological polar surface area (TPSA) is 85.9 Å². The molecule has 1 heterocycles. The van der Waals surface area contributed by atoms with Gasteiger partial charge >= 0.3 is 12.0 Å². The summed E-state index contributed by atoms with van der Waals surface area (Å²) in [6.45, 7) is 2.27. The molecule has 0 bridgehead atoms. The van der Waals surface area contributed by atoms with Gasteiger partial charge < -0.3 is 24.8 Å². The number of benzene rings is 2. The number of allylic oxidation sites excluding steroid dienone is 1. The average Bonchev–Trinajstić information content (AvgIpc) is 2.77. The summed E-state index contributed by atoms with van der Waals surface area (Å²) in [6, 6.07) is 12.0. The van der Waals surface area contributed by atoms with Gasteiger partial charge in [0.05, 0.1) is 25.8 Å². The molecular weight excluding hydrogens is 464 g/mol. The fraction of sp³-hybridized carbons (Fsp3) is 0.304. The van der Waals surface area contributed by atoms with E-state index in [1.807, 2.05) is 37.3 Å². The summed E-state index contributed by atoms with van der Waals surface area (Å²) in [5, 5.41) is 5.58. The predicted molar refractivity (Wildman–Crippen MR) is 120 cm³/mol. The van der Waals surface area contributed by atoms with Crippen molar-refractivity contribution in [1.82, 2.24) is 10.6 Å². The van der Waals surface area contributed by atoms with E-state index in [1.165, 1.54) is 7.11 Å². The number of hydrogen-bond acceptors (Lipinski definition) is 5. The second-order valence-electron chi connectivity index (χ2n) is 6.96. The van der Waals surface area contributed by atoms with E-state index in [-0.39, 0.29) is 6.03 Å². The van der Waals surface area contributed by atoms with E-state index >= 15 is 0 Å². The van der Waals surface area contributed by atoms with Crippen LogP contribution in [0.3, 0.4) is 0 Å². The Labute approximate surface area is 189 Å². The molecule has 2 aromatic rings. The fourth-order valence-corrected chi connectivity index (χ4v) is 3.73. The van der Waals surface area contributed by atoms with Gasteiger partial charge in [0, 0.05) is 15.7 Å². The van der Waals surface area contributed by atoms with Crippen LogP contribution < -0.4 is 20.1 Å². The summed E-state index contributed by atoms with van der Waals surface area (Å²) in [7, 11) is 2.87. The summed E-state index contributed by atoms with van der Waals surface area (Å²) < 4.78 is 17.7. The monoisotopic (exact) mass is 488 g/mol. The molecule has 2 amide bonds. The lowest BCUT2D eigenvalue weighted by Crippen LogP contribution is -2.46. The zero-order chi connectivity index (χ0) is 22.4. The van der Waals surface area contributed by atoms with Gasteiger partial charge in [0.25, 0.3) is 0 Å². The molecule has 164 valence electrons. The van der Waals surface area contributed by atoms with Crippen LogP contribution in [0.15, 0.2) is 58.2 Å². The van der Waals surface area contributed by atoms with Crippen LogP contribution >= 0.6 is 15.9 Å². The molecule has 1 aliphatic heterocycles. The van der Waals surface area contributed by atoms with Crippen molar-refractivity contribution in [3.05, 3.63) is 69.3 Å². The molecule has 2 N–H and O–H groups in total. The molecule has 1 atom stereocenters. The largest absolute Gasteiger partial charge is 0.493 e. The lowest BCUT2D eigenvalue weighted by Gasteiger charge is -2.30. The summed E-state index contributed by atoms with van der Waals surface area (Å²) in [4.78, 5) is 25.1. The molecule has 3 rings (SSSR count). The molecule has 0 fully saturated rings. The number of halogens is 1. The van der Waals surface area contributed by atoms with Crippen molar-refractivity contribution in [2.75, 3.05) is 14.2 Å². The Balaban J connectivity index is 2.05. The number of methoxy groups -OCH3 is 2. The Morgan fingerprint density at radius 2 is 1.87 bits per heavy atom. The van der Waals surface area contributed by atoms with Crippen molar-refractivity contribution in [1.29, 1.82) is 0 Å². The number of para-hydroxylation sites is 1. The molecule has 0 saturated heterocycles. The summed E-state index contributed by atoms with van der Waals surface area (Å²) in [6.07, 6.45) is 1.29. The van der Waals surface area contributed by atoms with Gasteiger partial charge in [-0.3, -0.25) is 0 Å². The molecule has 1 unspecified atom stereocenters. The van der Waals surface area contributed by atoms with E-state index in [0.717, 1.165) is 16.5 Å². The molecular formula is C23H25BrN2O5. The number of hydrogen-bond donors (Lipinski definition) is 2. The normalized spacial score (nSPS) is 15.7. The zero-order valence-corrected chi connectivity index (χ0v) is 19.2. The zero-order valence-electron chi connectivity index (χ0n) is 17.7. The van der Waals surface area contributed by atoms with Crippen molar-refractivity contribution in [3.8, 4) is 11.5 Å². The highest BCUT2D eigenvalue weighted by molar-refractivity contribution is 9.10. The van der Waals surface area contributed by atoms with Crippen LogP contribution in [0.2, 0.25) is 0 Å². The highest BCUT2D eigenvalue weighted by atomic mass is 79.9. The predicted octanol–water partition coefficient (Wildman–Crippen LogP) is 4.62. The third-order valence-corrected chi connectivity index (χ3v) is 5.42. The third kappa shape index (κ3) is 5.19. The van der Waals surface area contributed by atoms with Gasteiger partial charge in [-0.15, -0.1) is 0 Å². The lowest BCUT2D eigenvalue weighted by molar-refractivity contribution is -0.136. The van der Waals surface area contributed by atoms with Gasteiger partial charge in [0.15, 0.2) is 11.5 Å². The number of esters is 1. The first-order valence-electron chi connectivity index (χ1n) is 9.91. The maximum atomic E-state index is 12.7. The highest BCUT2D eigenvalue weighted by Crippen LogP contribution is 2.40. The first-order valence-corrected chi connectivity index (χ1v) is 10.7. The lowest BCUT2D eigenvalue weighted by atomic mass is 9.93. The molecule has 7 nitrogen and oxygen atoms in total. The van der Waals surface area contributed by atoms with Crippen LogP contribution in [0.1, 0.15) is 36.9 Å². The van der Waals surface area contributed by atoms with Crippen LogP contribution in [0.25, 0.3) is 0 Å². The van der Waals surface area contributed by atoms with Gasteiger partial charge in [-0.25, -0.2) is 9.59 Å². The van der Waals surface area contributed by atoms with E-state index < -0.39 is 12.0 Å². The van der Waals surface area contributed by atoms with Crippen molar-refractivity contribution >= 4 is 27.9 Å². The SMILES string of the molecule is CCCC1=C(C(=O)OC)C(c2cccc(OC)c2OCc2ccc(Br)cc2)NC(=O)N1. The Morgan fingerprint density at radius 3 is 2.52 bits per heavy atom. The summed E-state index contributed by atoms with van der Waals surface area (Å²) in [5.74, 6) is 0.448. The van der Waals surface area contributed by atoms with Crippen LogP contribution in [0.5, 0.6) is 11.5 Å². The van der Waals surface area contributed by atoms with Gasteiger partial charge in [-0.05, 0) is 30.2 Å². The molecule has 2 aromatic carbocycles. The Bertz CT molecular complexity index is 988. The van der Waals surface area contributed by atoms with E-state index in [9.17, 15) is 9.59 Å². The fourth-order valence-electron chi connectivity index (χ4n) is 3.46. The van der Waals surface area contributed by atoms with Crippen molar-refractivity contribution in [2.24, 2.45) is 0 Å². The minimum Gasteiger partial charge on any atom is -0.493 e. The van der Waals surface area contributed by atoms with Crippen molar-refractivity contribution in [3.63, 3.8) is 0 Å². The number of nitrogens with one attached hydrogen (secondary N) is 2. The molecule has 0 aliphatic carbocycles. The third-order valence-electron chi connectivity index (χ3n) is 4.90. The van der Waals surface area contributed by atoms with Gasteiger partial charge in [0.2, 0.25) is 0 Å². The number of amides is 2. The van der Waals surface area contributed by atoms with Crippen LogP contribution in [0.4, 0.5) is 4.79 Å². The Kier molecular flexibility index (Phi) is 7.57. The second kappa shape index (κ2) is 10.3. The van der Waals surface area contributed by atoms with Crippen molar-refractivity contribution < 1.29 is 23.8 Å². The minimum atomic E-state index is -0.738. The van der Waals surface area contributed by atoms with Crippen LogP contribution in [0, 0.1) is 0 Å².